The van der Waals surface area contributed by atoms with E-state index in [-0.39, 0.29) is 18.7 Å². The summed E-state index contributed by atoms with van der Waals surface area (Å²) in [5.41, 5.74) is 2.07. The molecule has 3 rings (SSSR count). The van der Waals surface area contributed by atoms with Crippen molar-refractivity contribution in [3.63, 3.8) is 0 Å². The Morgan fingerprint density at radius 3 is 2.44 bits per heavy atom. The Balaban J connectivity index is 1.65. The molecule has 1 fully saturated rings. The van der Waals surface area contributed by atoms with E-state index in [1.165, 1.54) is 12.8 Å². The maximum absolute atomic E-state index is 12.7. The summed E-state index contributed by atoms with van der Waals surface area (Å²) in [6, 6.07) is 17.5. The highest BCUT2D eigenvalue weighted by atomic mass is 35.5. The van der Waals surface area contributed by atoms with Gasteiger partial charge in [0, 0.05) is 18.6 Å². The van der Waals surface area contributed by atoms with Crippen molar-refractivity contribution in [2.45, 2.75) is 31.9 Å². The molecule has 0 N–H and O–H groups in total. The van der Waals surface area contributed by atoms with Gasteiger partial charge in [0.05, 0.1) is 6.04 Å². The Morgan fingerprint density at radius 1 is 1.11 bits per heavy atom. The highest BCUT2D eigenvalue weighted by Gasteiger charge is 2.24. The molecule has 0 bridgehead atoms. The number of ether oxygens (including phenoxy) is 1. The lowest BCUT2D eigenvalue weighted by atomic mass is 10.0. The van der Waals surface area contributed by atoms with Crippen molar-refractivity contribution in [1.82, 2.24) is 9.80 Å². The van der Waals surface area contributed by atoms with Crippen LogP contribution >= 0.6 is 11.6 Å². The third kappa shape index (κ3) is 5.72. The van der Waals surface area contributed by atoms with Gasteiger partial charge in [-0.25, -0.2) is 4.79 Å². The van der Waals surface area contributed by atoms with E-state index in [4.69, 9.17) is 16.3 Å². The third-order valence-electron chi connectivity index (χ3n) is 5.13. The molecule has 144 valence electrons. The van der Waals surface area contributed by atoms with Crippen LogP contribution in [0.5, 0.6) is 0 Å². The fourth-order valence-electron chi connectivity index (χ4n) is 3.53. The molecule has 0 radical (unpaired) electrons. The quantitative estimate of drug-likeness (QED) is 0.660. The first-order valence-electron chi connectivity index (χ1n) is 9.55. The molecule has 1 amide bonds. The number of benzene rings is 2. The van der Waals surface area contributed by atoms with Crippen LogP contribution in [0.4, 0.5) is 4.79 Å². The zero-order valence-electron chi connectivity index (χ0n) is 15.8. The molecule has 0 spiro atoms. The standard InChI is InChI=1S/C22H27ClN2O2/c1-24(22(26)27-17-18-7-3-2-4-8-18)21(13-16-25-14-5-6-15-25)19-9-11-20(23)12-10-19/h2-4,7-12,21H,5-6,13-17H2,1H3. The Hall–Kier alpha value is -2.04. The second-order valence-electron chi connectivity index (χ2n) is 7.06. The molecule has 0 aliphatic carbocycles. The van der Waals surface area contributed by atoms with E-state index in [1.54, 1.807) is 4.90 Å². The summed E-state index contributed by atoms with van der Waals surface area (Å²) in [5.74, 6) is 0. The first-order chi connectivity index (χ1) is 13.1. The first-order valence-corrected chi connectivity index (χ1v) is 9.92. The van der Waals surface area contributed by atoms with Gasteiger partial charge in [0.2, 0.25) is 0 Å². The number of nitrogens with zero attached hydrogens (tertiary/aromatic N) is 2. The fraction of sp³-hybridized carbons (Fsp3) is 0.409. The second-order valence-corrected chi connectivity index (χ2v) is 7.49. The van der Waals surface area contributed by atoms with E-state index in [1.807, 2.05) is 61.6 Å². The lowest BCUT2D eigenvalue weighted by molar-refractivity contribution is 0.0871. The first kappa shape index (κ1) is 19.7. The number of carbonyl (C=O) groups is 1. The number of likely N-dealkylation sites (tertiary alicyclic amines) is 1. The minimum absolute atomic E-state index is 0.0360. The number of carbonyl (C=O) groups excluding carboxylic acids is 1. The van der Waals surface area contributed by atoms with Crippen molar-refractivity contribution >= 4 is 17.7 Å². The smallest absolute Gasteiger partial charge is 0.410 e. The highest BCUT2D eigenvalue weighted by molar-refractivity contribution is 6.30. The molecular weight excluding hydrogens is 360 g/mol. The predicted octanol–water partition coefficient (Wildman–Crippen LogP) is 5.14. The third-order valence-corrected chi connectivity index (χ3v) is 5.38. The van der Waals surface area contributed by atoms with Crippen molar-refractivity contribution in [2.75, 3.05) is 26.7 Å². The molecule has 1 unspecified atom stereocenters. The average Bonchev–Trinajstić information content (AvgIpc) is 3.22. The van der Waals surface area contributed by atoms with Crippen LogP contribution in [0.1, 0.15) is 36.4 Å². The van der Waals surface area contributed by atoms with Gasteiger partial charge < -0.3 is 14.5 Å². The van der Waals surface area contributed by atoms with E-state index in [0.29, 0.717) is 5.02 Å². The molecular formula is C22H27ClN2O2. The number of halogens is 1. The van der Waals surface area contributed by atoms with Gasteiger partial charge in [-0.1, -0.05) is 54.1 Å². The molecule has 1 aliphatic rings. The molecule has 4 nitrogen and oxygen atoms in total. The van der Waals surface area contributed by atoms with Gasteiger partial charge in [-0.2, -0.15) is 0 Å². The summed E-state index contributed by atoms with van der Waals surface area (Å²) in [5, 5.41) is 0.700. The van der Waals surface area contributed by atoms with E-state index in [0.717, 1.165) is 37.2 Å². The van der Waals surface area contributed by atoms with Gasteiger partial charge in [0.1, 0.15) is 6.61 Å². The summed E-state index contributed by atoms with van der Waals surface area (Å²) in [4.78, 5) is 16.8. The van der Waals surface area contributed by atoms with Crippen LogP contribution < -0.4 is 0 Å². The second kappa shape index (κ2) is 9.77. The van der Waals surface area contributed by atoms with Crippen LogP contribution in [0.15, 0.2) is 54.6 Å². The molecule has 5 heteroatoms. The number of hydrogen-bond donors (Lipinski definition) is 0. The molecule has 2 aromatic carbocycles. The molecule has 27 heavy (non-hydrogen) atoms. The summed E-state index contributed by atoms with van der Waals surface area (Å²) >= 11 is 6.04. The molecule has 0 aromatic heterocycles. The van der Waals surface area contributed by atoms with Gasteiger partial charge in [-0.15, -0.1) is 0 Å². The van der Waals surface area contributed by atoms with Crippen LogP contribution in [0.2, 0.25) is 5.02 Å². The summed E-state index contributed by atoms with van der Waals surface area (Å²) in [6.07, 6.45) is 3.10. The summed E-state index contributed by atoms with van der Waals surface area (Å²) in [7, 11) is 1.82. The van der Waals surface area contributed by atoms with Crippen LogP contribution in [0.3, 0.4) is 0 Å². The largest absolute Gasteiger partial charge is 0.445 e. The maximum atomic E-state index is 12.7. The van der Waals surface area contributed by atoms with E-state index < -0.39 is 0 Å². The van der Waals surface area contributed by atoms with Crippen LogP contribution in [-0.4, -0.2) is 42.6 Å². The van der Waals surface area contributed by atoms with Crippen LogP contribution in [0, 0.1) is 0 Å². The predicted molar refractivity (Wildman–Crippen MR) is 109 cm³/mol. The average molecular weight is 387 g/mol. The highest BCUT2D eigenvalue weighted by Crippen LogP contribution is 2.26. The Morgan fingerprint density at radius 2 is 1.78 bits per heavy atom. The van der Waals surface area contributed by atoms with Crippen molar-refractivity contribution in [1.29, 1.82) is 0 Å². The molecule has 1 saturated heterocycles. The molecule has 0 saturated carbocycles. The monoisotopic (exact) mass is 386 g/mol. The van der Waals surface area contributed by atoms with Crippen LogP contribution in [-0.2, 0) is 11.3 Å². The zero-order valence-corrected chi connectivity index (χ0v) is 16.6. The van der Waals surface area contributed by atoms with Gasteiger partial charge >= 0.3 is 6.09 Å². The van der Waals surface area contributed by atoms with Crippen molar-refractivity contribution in [3.8, 4) is 0 Å². The Kier molecular flexibility index (Phi) is 7.13. The molecule has 1 heterocycles. The van der Waals surface area contributed by atoms with Gasteiger partial charge in [0.25, 0.3) is 0 Å². The molecule has 1 aliphatic heterocycles. The Labute approximate surface area is 166 Å². The van der Waals surface area contributed by atoms with Gasteiger partial charge in [0.15, 0.2) is 0 Å². The normalized spacial score (nSPS) is 15.5. The van der Waals surface area contributed by atoms with Crippen molar-refractivity contribution < 1.29 is 9.53 Å². The van der Waals surface area contributed by atoms with Gasteiger partial charge in [-0.05, 0) is 55.6 Å². The van der Waals surface area contributed by atoms with Crippen LogP contribution in [0.25, 0.3) is 0 Å². The minimum atomic E-state index is -0.305. The fourth-order valence-corrected chi connectivity index (χ4v) is 3.65. The van der Waals surface area contributed by atoms with Crippen molar-refractivity contribution in [2.24, 2.45) is 0 Å². The van der Waals surface area contributed by atoms with E-state index >= 15 is 0 Å². The SMILES string of the molecule is CN(C(=O)OCc1ccccc1)C(CCN1CCCC1)c1ccc(Cl)cc1. The molecule has 1 atom stereocenters. The van der Waals surface area contributed by atoms with E-state index in [9.17, 15) is 4.79 Å². The Bertz CT molecular complexity index is 715. The lowest BCUT2D eigenvalue weighted by Gasteiger charge is -2.29. The number of amides is 1. The summed E-state index contributed by atoms with van der Waals surface area (Å²) < 4.78 is 5.54. The maximum Gasteiger partial charge on any atom is 0.410 e. The number of hydrogen-bond acceptors (Lipinski definition) is 3. The minimum Gasteiger partial charge on any atom is -0.445 e. The zero-order chi connectivity index (χ0) is 19.1. The number of rotatable bonds is 7. The topological polar surface area (TPSA) is 32.8 Å². The summed E-state index contributed by atoms with van der Waals surface area (Å²) in [6.45, 7) is 3.55. The molecule has 2 aromatic rings. The van der Waals surface area contributed by atoms with E-state index in [2.05, 4.69) is 4.90 Å². The van der Waals surface area contributed by atoms with Gasteiger partial charge in [-0.3, -0.25) is 0 Å². The van der Waals surface area contributed by atoms with Crippen molar-refractivity contribution in [3.05, 3.63) is 70.7 Å². The lowest BCUT2D eigenvalue weighted by Crippen LogP contribution is -2.34.